The molecule has 0 radical (unpaired) electrons. The fourth-order valence-corrected chi connectivity index (χ4v) is 3.15. The summed E-state index contributed by atoms with van der Waals surface area (Å²) in [7, 11) is 0. The molecule has 0 bridgehead atoms. The van der Waals surface area contributed by atoms with Crippen LogP contribution in [0.25, 0.3) is 22.6 Å². The first-order valence-electron chi connectivity index (χ1n) is 8.54. The van der Waals surface area contributed by atoms with Crippen molar-refractivity contribution in [3.05, 3.63) is 71.2 Å². The second-order valence-electron chi connectivity index (χ2n) is 6.20. The van der Waals surface area contributed by atoms with E-state index in [2.05, 4.69) is 10.3 Å². The van der Waals surface area contributed by atoms with Crippen LogP contribution in [0.1, 0.15) is 10.4 Å². The van der Waals surface area contributed by atoms with Gasteiger partial charge in [-0.2, -0.15) is 0 Å². The Morgan fingerprint density at radius 1 is 1.00 bits per heavy atom. The molecule has 6 nitrogen and oxygen atoms in total. The van der Waals surface area contributed by atoms with E-state index in [4.69, 9.17) is 25.5 Å². The van der Waals surface area contributed by atoms with Crippen LogP contribution in [0.3, 0.4) is 0 Å². The molecule has 1 aliphatic rings. The van der Waals surface area contributed by atoms with Gasteiger partial charge in [0.25, 0.3) is 5.91 Å². The zero-order valence-corrected chi connectivity index (χ0v) is 15.2. The number of aromatic nitrogens is 1. The van der Waals surface area contributed by atoms with Crippen LogP contribution in [0.2, 0.25) is 5.02 Å². The number of hydrogen-bond donors (Lipinski definition) is 1. The number of carbonyl (C=O) groups excluding carboxylic acids is 1. The van der Waals surface area contributed by atoms with Crippen LogP contribution in [0.4, 0.5) is 5.69 Å². The number of oxazole rings is 1. The van der Waals surface area contributed by atoms with Crippen molar-refractivity contribution >= 4 is 34.3 Å². The van der Waals surface area contributed by atoms with Crippen molar-refractivity contribution in [1.82, 2.24) is 4.98 Å². The zero-order valence-electron chi connectivity index (χ0n) is 14.4. The summed E-state index contributed by atoms with van der Waals surface area (Å²) < 4.78 is 16.4. The van der Waals surface area contributed by atoms with Gasteiger partial charge in [0.1, 0.15) is 5.52 Å². The molecular formula is C21H13ClN2O4. The van der Waals surface area contributed by atoms with Gasteiger partial charge in [-0.15, -0.1) is 0 Å². The number of benzene rings is 3. The molecule has 0 saturated heterocycles. The highest BCUT2D eigenvalue weighted by atomic mass is 35.5. The molecule has 1 N–H and O–H groups in total. The Hall–Kier alpha value is -3.51. The minimum Gasteiger partial charge on any atom is -0.454 e. The molecule has 0 unspecified atom stereocenters. The Bertz CT molecular complexity index is 1190. The van der Waals surface area contributed by atoms with Gasteiger partial charge in [0.15, 0.2) is 17.1 Å². The second kappa shape index (κ2) is 6.58. The van der Waals surface area contributed by atoms with Crippen LogP contribution in [-0.2, 0) is 0 Å². The number of rotatable bonds is 3. The molecule has 5 rings (SSSR count). The molecule has 1 aromatic heterocycles. The Kier molecular flexibility index (Phi) is 3.91. The lowest BCUT2D eigenvalue weighted by Gasteiger charge is -2.09. The van der Waals surface area contributed by atoms with Crippen molar-refractivity contribution in [2.24, 2.45) is 0 Å². The molecule has 138 valence electrons. The smallest absolute Gasteiger partial charge is 0.255 e. The number of anilines is 1. The van der Waals surface area contributed by atoms with Crippen LogP contribution in [0, 0.1) is 0 Å². The molecular weight excluding hydrogens is 380 g/mol. The Morgan fingerprint density at radius 3 is 2.75 bits per heavy atom. The van der Waals surface area contributed by atoms with Gasteiger partial charge in [-0.25, -0.2) is 4.98 Å². The first kappa shape index (κ1) is 16.6. The average Bonchev–Trinajstić information content (AvgIpc) is 3.35. The van der Waals surface area contributed by atoms with Crippen molar-refractivity contribution in [1.29, 1.82) is 0 Å². The SMILES string of the molecule is O=C(Nc1cc(-c2nc3ccccc3o2)ccc1Cl)c1ccc2c(c1)OCO2. The molecule has 1 amide bonds. The fourth-order valence-electron chi connectivity index (χ4n) is 2.98. The molecule has 3 aromatic carbocycles. The maximum absolute atomic E-state index is 12.6. The van der Waals surface area contributed by atoms with Crippen molar-refractivity contribution in [2.75, 3.05) is 12.1 Å². The summed E-state index contributed by atoms with van der Waals surface area (Å²) in [6.07, 6.45) is 0. The number of para-hydroxylation sites is 2. The third kappa shape index (κ3) is 2.93. The first-order chi connectivity index (χ1) is 13.7. The first-order valence-corrected chi connectivity index (χ1v) is 8.92. The predicted octanol–water partition coefficient (Wildman–Crippen LogP) is 5.13. The van der Waals surface area contributed by atoms with Crippen LogP contribution in [0.15, 0.2) is 65.1 Å². The predicted molar refractivity (Wildman–Crippen MR) is 105 cm³/mol. The molecule has 28 heavy (non-hydrogen) atoms. The summed E-state index contributed by atoms with van der Waals surface area (Å²) in [4.78, 5) is 17.1. The maximum Gasteiger partial charge on any atom is 0.255 e. The van der Waals surface area contributed by atoms with Crippen LogP contribution in [-0.4, -0.2) is 17.7 Å². The van der Waals surface area contributed by atoms with Gasteiger partial charge in [0.05, 0.1) is 10.7 Å². The normalized spacial score (nSPS) is 12.3. The minimum absolute atomic E-state index is 0.152. The zero-order chi connectivity index (χ0) is 19.1. The van der Waals surface area contributed by atoms with E-state index < -0.39 is 0 Å². The molecule has 0 fully saturated rings. The number of halogens is 1. The largest absolute Gasteiger partial charge is 0.454 e. The molecule has 7 heteroatoms. The number of carbonyl (C=O) groups is 1. The summed E-state index contributed by atoms with van der Waals surface area (Å²) in [5.41, 5.74) is 3.06. The number of ether oxygens (including phenoxy) is 2. The van der Waals surface area contributed by atoms with Crippen molar-refractivity contribution in [2.45, 2.75) is 0 Å². The molecule has 0 aliphatic carbocycles. The molecule has 4 aromatic rings. The lowest BCUT2D eigenvalue weighted by atomic mass is 10.1. The summed E-state index contributed by atoms with van der Waals surface area (Å²) in [6, 6.07) is 17.7. The third-order valence-electron chi connectivity index (χ3n) is 4.39. The fraction of sp³-hybridized carbons (Fsp3) is 0.0476. The highest BCUT2D eigenvalue weighted by Gasteiger charge is 2.17. The van der Waals surface area contributed by atoms with Crippen LogP contribution >= 0.6 is 11.6 Å². The van der Waals surface area contributed by atoms with Gasteiger partial charge in [0, 0.05) is 11.1 Å². The van der Waals surface area contributed by atoms with Crippen molar-refractivity contribution in [3.63, 3.8) is 0 Å². The Morgan fingerprint density at radius 2 is 1.86 bits per heavy atom. The average molecular weight is 393 g/mol. The van der Waals surface area contributed by atoms with Crippen molar-refractivity contribution in [3.8, 4) is 23.0 Å². The summed E-state index contributed by atoms with van der Waals surface area (Å²) in [6.45, 7) is 0.152. The van der Waals surface area contributed by atoms with Gasteiger partial charge in [0.2, 0.25) is 12.7 Å². The van der Waals surface area contributed by atoms with E-state index in [-0.39, 0.29) is 12.7 Å². The lowest BCUT2D eigenvalue weighted by Crippen LogP contribution is -2.12. The number of amides is 1. The highest BCUT2D eigenvalue weighted by Crippen LogP contribution is 2.34. The quantitative estimate of drug-likeness (QED) is 0.523. The standard InChI is InChI=1S/C21H13ClN2O4/c22-14-7-5-13(21-24-15-3-1-2-4-17(15)28-21)9-16(14)23-20(25)12-6-8-18-19(10-12)27-11-26-18/h1-10H,11H2,(H,23,25). The molecule has 2 heterocycles. The van der Waals surface area contributed by atoms with Crippen molar-refractivity contribution < 1.29 is 18.7 Å². The molecule has 0 saturated carbocycles. The summed E-state index contributed by atoms with van der Waals surface area (Å²) in [5, 5.41) is 3.24. The van der Waals surface area contributed by atoms with Crippen LogP contribution < -0.4 is 14.8 Å². The Balaban J connectivity index is 1.45. The number of hydrogen-bond acceptors (Lipinski definition) is 5. The minimum atomic E-state index is -0.310. The van der Waals surface area contributed by atoms with Gasteiger partial charge >= 0.3 is 0 Å². The lowest BCUT2D eigenvalue weighted by molar-refractivity contribution is 0.102. The van der Waals surface area contributed by atoms with E-state index in [1.165, 1.54) is 0 Å². The number of fused-ring (bicyclic) bond motifs is 2. The monoisotopic (exact) mass is 392 g/mol. The van der Waals surface area contributed by atoms with E-state index in [0.717, 1.165) is 5.52 Å². The summed E-state index contributed by atoms with van der Waals surface area (Å²) in [5.74, 6) is 1.30. The van der Waals surface area contributed by atoms with Gasteiger partial charge in [-0.3, -0.25) is 4.79 Å². The van der Waals surface area contributed by atoms with Gasteiger partial charge in [-0.05, 0) is 48.5 Å². The van der Waals surface area contributed by atoms with Crippen LogP contribution in [0.5, 0.6) is 11.5 Å². The highest BCUT2D eigenvalue weighted by molar-refractivity contribution is 6.34. The molecule has 0 atom stereocenters. The van der Waals surface area contributed by atoms with Gasteiger partial charge in [-0.1, -0.05) is 23.7 Å². The maximum atomic E-state index is 12.6. The van der Waals surface area contributed by atoms with E-state index in [1.54, 1.807) is 36.4 Å². The summed E-state index contributed by atoms with van der Waals surface area (Å²) >= 11 is 6.28. The van der Waals surface area contributed by atoms with E-state index in [1.807, 2.05) is 24.3 Å². The molecule has 1 aliphatic heterocycles. The van der Waals surface area contributed by atoms with Gasteiger partial charge < -0.3 is 19.2 Å². The third-order valence-corrected chi connectivity index (χ3v) is 4.72. The van der Waals surface area contributed by atoms with E-state index in [9.17, 15) is 4.79 Å². The topological polar surface area (TPSA) is 73.6 Å². The molecule has 0 spiro atoms. The Labute approximate surface area is 164 Å². The van der Waals surface area contributed by atoms with E-state index >= 15 is 0 Å². The second-order valence-corrected chi connectivity index (χ2v) is 6.61. The number of nitrogens with one attached hydrogen (secondary N) is 1. The van der Waals surface area contributed by atoms with E-state index in [0.29, 0.717) is 44.8 Å². The number of nitrogens with zero attached hydrogens (tertiary/aromatic N) is 1.